The number of sulfone groups is 1. The first kappa shape index (κ1) is 16.8. The van der Waals surface area contributed by atoms with E-state index < -0.39 is 9.84 Å². The molecule has 1 aromatic heterocycles. The summed E-state index contributed by atoms with van der Waals surface area (Å²) in [6, 6.07) is 15.0. The number of aromatic nitrogens is 1. The monoisotopic (exact) mass is 368 g/mol. The molecule has 1 amide bonds. The fourth-order valence-corrected chi connectivity index (χ4v) is 4.25. The maximum atomic E-state index is 13.1. The van der Waals surface area contributed by atoms with Crippen LogP contribution >= 0.6 is 0 Å². The Kier molecular flexibility index (Phi) is 3.88. The molecule has 134 valence electrons. The summed E-state index contributed by atoms with van der Waals surface area (Å²) in [4.78, 5) is 15.2. The van der Waals surface area contributed by atoms with Crippen LogP contribution in [0.4, 0.5) is 0 Å². The van der Waals surface area contributed by atoms with Gasteiger partial charge in [0.2, 0.25) is 0 Å². The lowest BCUT2D eigenvalue weighted by Crippen LogP contribution is -2.36. The number of fused-ring (bicyclic) bond motifs is 2. The largest absolute Gasteiger partial charge is 0.340 e. The van der Waals surface area contributed by atoms with Crippen LogP contribution in [-0.2, 0) is 29.9 Å². The number of aryl methyl sites for hydroxylation is 1. The van der Waals surface area contributed by atoms with Crippen molar-refractivity contribution in [2.75, 3.05) is 12.8 Å². The molecule has 0 fully saturated rings. The van der Waals surface area contributed by atoms with Gasteiger partial charge in [0, 0.05) is 37.3 Å². The second-order valence-electron chi connectivity index (χ2n) is 6.83. The third kappa shape index (κ3) is 2.80. The molecule has 0 bridgehead atoms. The van der Waals surface area contributed by atoms with E-state index in [9.17, 15) is 13.2 Å². The highest BCUT2D eigenvalue weighted by atomic mass is 32.2. The van der Waals surface area contributed by atoms with Crippen molar-refractivity contribution in [2.45, 2.75) is 17.9 Å². The average Bonchev–Trinajstić information content (AvgIpc) is 2.96. The highest BCUT2D eigenvalue weighted by Gasteiger charge is 2.24. The first-order valence-electron chi connectivity index (χ1n) is 8.50. The molecule has 1 aliphatic heterocycles. The summed E-state index contributed by atoms with van der Waals surface area (Å²) in [5, 5.41) is 0.760. The van der Waals surface area contributed by atoms with Gasteiger partial charge in [-0.05, 0) is 41.8 Å². The molecule has 4 rings (SSSR count). The van der Waals surface area contributed by atoms with Crippen molar-refractivity contribution in [1.82, 2.24) is 9.47 Å². The smallest absolute Gasteiger partial charge is 0.270 e. The van der Waals surface area contributed by atoms with Crippen LogP contribution in [0.1, 0.15) is 21.6 Å². The zero-order valence-corrected chi connectivity index (χ0v) is 15.6. The van der Waals surface area contributed by atoms with E-state index in [2.05, 4.69) is 12.1 Å². The molecular formula is C20H20N2O3S. The van der Waals surface area contributed by atoms with E-state index in [-0.39, 0.29) is 10.8 Å². The molecule has 2 aromatic carbocycles. The summed E-state index contributed by atoms with van der Waals surface area (Å²) in [7, 11) is -1.44. The number of benzene rings is 2. The third-order valence-corrected chi connectivity index (χ3v) is 6.19. The van der Waals surface area contributed by atoms with Gasteiger partial charge in [-0.1, -0.05) is 24.3 Å². The molecule has 0 atom stereocenters. The van der Waals surface area contributed by atoms with E-state index in [0.717, 1.165) is 17.3 Å². The van der Waals surface area contributed by atoms with Crippen molar-refractivity contribution in [1.29, 1.82) is 0 Å². The molecule has 2 heterocycles. The first-order valence-corrected chi connectivity index (χ1v) is 10.4. The molecule has 0 aliphatic carbocycles. The fraction of sp³-hybridized carbons (Fsp3) is 0.250. The highest BCUT2D eigenvalue weighted by Crippen LogP contribution is 2.25. The van der Waals surface area contributed by atoms with Gasteiger partial charge in [0.1, 0.15) is 5.69 Å². The van der Waals surface area contributed by atoms with E-state index in [4.69, 9.17) is 0 Å². The summed E-state index contributed by atoms with van der Waals surface area (Å²) in [5.74, 6) is -0.0286. The molecule has 0 radical (unpaired) electrons. The molecule has 0 N–H and O–H groups in total. The van der Waals surface area contributed by atoms with Crippen LogP contribution < -0.4 is 0 Å². The second kappa shape index (κ2) is 5.99. The van der Waals surface area contributed by atoms with Crippen molar-refractivity contribution in [3.05, 3.63) is 65.4 Å². The maximum Gasteiger partial charge on any atom is 0.270 e. The molecule has 26 heavy (non-hydrogen) atoms. The highest BCUT2D eigenvalue weighted by molar-refractivity contribution is 7.90. The number of hydrogen-bond donors (Lipinski definition) is 0. The molecule has 5 nitrogen and oxygen atoms in total. The second-order valence-corrected chi connectivity index (χ2v) is 8.84. The lowest BCUT2D eigenvalue weighted by Gasteiger charge is -2.29. The van der Waals surface area contributed by atoms with Gasteiger partial charge < -0.3 is 9.47 Å². The Morgan fingerprint density at radius 2 is 1.77 bits per heavy atom. The van der Waals surface area contributed by atoms with Crippen LogP contribution in [0.25, 0.3) is 10.9 Å². The molecule has 3 aromatic rings. The van der Waals surface area contributed by atoms with Crippen molar-refractivity contribution >= 4 is 26.6 Å². The summed E-state index contributed by atoms with van der Waals surface area (Å²) in [6.07, 6.45) is 2.04. The number of nitrogens with zero attached hydrogens (tertiary/aromatic N) is 2. The zero-order chi connectivity index (χ0) is 18.5. The van der Waals surface area contributed by atoms with Gasteiger partial charge in [0.25, 0.3) is 5.91 Å². The molecule has 6 heteroatoms. The van der Waals surface area contributed by atoms with Gasteiger partial charge >= 0.3 is 0 Å². The zero-order valence-electron chi connectivity index (χ0n) is 14.8. The predicted molar refractivity (Wildman–Crippen MR) is 101 cm³/mol. The number of hydrogen-bond acceptors (Lipinski definition) is 3. The summed E-state index contributed by atoms with van der Waals surface area (Å²) < 4.78 is 25.4. The van der Waals surface area contributed by atoms with Crippen LogP contribution in [-0.4, -0.2) is 36.6 Å². The lowest BCUT2D eigenvalue weighted by molar-refractivity contribution is 0.0725. The SMILES string of the molecule is Cn1c(C(=O)N2CCc3ccccc3C2)cc2cc(S(C)(=O)=O)ccc21. The topological polar surface area (TPSA) is 59.4 Å². The first-order chi connectivity index (χ1) is 12.3. The maximum absolute atomic E-state index is 13.1. The quantitative estimate of drug-likeness (QED) is 0.699. The lowest BCUT2D eigenvalue weighted by atomic mass is 10.00. The Morgan fingerprint density at radius 3 is 2.50 bits per heavy atom. The summed E-state index contributed by atoms with van der Waals surface area (Å²) in [5.41, 5.74) is 3.90. The Bertz CT molecular complexity index is 1130. The number of amides is 1. The van der Waals surface area contributed by atoms with Crippen LogP contribution in [0, 0.1) is 0 Å². The number of rotatable bonds is 2. The van der Waals surface area contributed by atoms with Gasteiger partial charge in [0.15, 0.2) is 9.84 Å². The van der Waals surface area contributed by atoms with Crippen LogP contribution in [0.15, 0.2) is 53.4 Å². The average molecular weight is 368 g/mol. The minimum absolute atomic E-state index is 0.0286. The number of carbonyl (C=O) groups is 1. The van der Waals surface area contributed by atoms with Crippen molar-refractivity contribution in [2.24, 2.45) is 7.05 Å². The molecule has 1 aliphatic rings. The fourth-order valence-electron chi connectivity index (χ4n) is 3.59. The van der Waals surface area contributed by atoms with Crippen LogP contribution in [0.5, 0.6) is 0 Å². The van der Waals surface area contributed by atoms with Crippen LogP contribution in [0.2, 0.25) is 0 Å². The van der Waals surface area contributed by atoms with Gasteiger partial charge in [-0.3, -0.25) is 4.79 Å². The van der Waals surface area contributed by atoms with Gasteiger partial charge in [-0.15, -0.1) is 0 Å². The van der Waals surface area contributed by atoms with E-state index in [1.165, 1.54) is 17.4 Å². The van der Waals surface area contributed by atoms with Crippen LogP contribution in [0.3, 0.4) is 0 Å². The Hall–Kier alpha value is -2.60. The minimum Gasteiger partial charge on any atom is -0.340 e. The van der Waals surface area contributed by atoms with Crippen molar-refractivity contribution in [3.63, 3.8) is 0 Å². The number of carbonyl (C=O) groups excluding carboxylic acids is 1. The van der Waals surface area contributed by atoms with Crippen molar-refractivity contribution < 1.29 is 13.2 Å². The molecule has 0 saturated heterocycles. The van der Waals surface area contributed by atoms with E-state index in [0.29, 0.717) is 18.8 Å². The van der Waals surface area contributed by atoms with E-state index in [1.54, 1.807) is 24.3 Å². The molecule has 0 spiro atoms. The third-order valence-electron chi connectivity index (χ3n) is 5.08. The van der Waals surface area contributed by atoms with Gasteiger partial charge in [0.05, 0.1) is 4.90 Å². The molecule has 0 saturated carbocycles. The Morgan fingerprint density at radius 1 is 1.04 bits per heavy atom. The Balaban J connectivity index is 1.70. The summed E-state index contributed by atoms with van der Waals surface area (Å²) >= 11 is 0. The molecular weight excluding hydrogens is 348 g/mol. The Labute approximate surface area is 152 Å². The standard InChI is InChI=1S/C20H20N2O3S/c1-21-18-8-7-17(26(2,24)25)11-16(18)12-19(21)20(23)22-10-9-14-5-3-4-6-15(14)13-22/h3-8,11-12H,9-10,13H2,1-2H3. The van der Waals surface area contributed by atoms with E-state index in [1.807, 2.05) is 28.6 Å². The normalized spacial score (nSPS) is 14.5. The predicted octanol–water partition coefficient (Wildman–Crippen LogP) is 2.78. The summed E-state index contributed by atoms with van der Waals surface area (Å²) in [6.45, 7) is 1.29. The minimum atomic E-state index is -3.28. The molecule has 0 unspecified atom stereocenters. The van der Waals surface area contributed by atoms with Gasteiger partial charge in [-0.25, -0.2) is 8.42 Å². The van der Waals surface area contributed by atoms with E-state index >= 15 is 0 Å². The van der Waals surface area contributed by atoms with Crippen molar-refractivity contribution in [3.8, 4) is 0 Å². The van der Waals surface area contributed by atoms with Gasteiger partial charge in [-0.2, -0.15) is 0 Å².